The molecule has 1 aliphatic rings. The SMILES string of the molecule is COc1c(C)cc(C)cc1CNCC1CC(N)C1. The number of hydrogen-bond acceptors (Lipinski definition) is 3. The van der Waals surface area contributed by atoms with Crippen LogP contribution >= 0.6 is 0 Å². The van der Waals surface area contributed by atoms with Gasteiger partial charge in [0.2, 0.25) is 0 Å². The Labute approximate surface area is 110 Å². The van der Waals surface area contributed by atoms with E-state index in [-0.39, 0.29) is 0 Å². The maximum Gasteiger partial charge on any atom is 0.126 e. The fourth-order valence-electron chi connectivity index (χ4n) is 2.83. The van der Waals surface area contributed by atoms with Gasteiger partial charge in [0, 0.05) is 18.2 Å². The number of nitrogens with one attached hydrogen (secondary N) is 1. The summed E-state index contributed by atoms with van der Waals surface area (Å²) >= 11 is 0. The number of aryl methyl sites for hydroxylation is 2. The molecule has 0 saturated heterocycles. The lowest BCUT2D eigenvalue weighted by Crippen LogP contribution is -2.41. The van der Waals surface area contributed by atoms with E-state index in [4.69, 9.17) is 10.5 Å². The highest BCUT2D eigenvalue weighted by atomic mass is 16.5. The van der Waals surface area contributed by atoms with Gasteiger partial charge in [-0.15, -0.1) is 0 Å². The molecular formula is C15H24N2O. The molecule has 0 spiro atoms. The lowest BCUT2D eigenvalue weighted by molar-refractivity contribution is 0.255. The minimum atomic E-state index is 0.438. The van der Waals surface area contributed by atoms with E-state index in [0.717, 1.165) is 37.6 Å². The average Bonchev–Trinajstić information content (AvgIpc) is 2.26. The Kier molecular flexibility index (Phi) is 4.25. The van der Waals surface area contributed by atoms with Crippen LogP contribution < -0.4 is 15.8 Å². The number of nitrogens with two attached hydrogens (primary N) is 1. The Morgan fingerprint density at radius 1 is 1.33 bits per heavy atom. The molecule has 0 radical (unpaired) electrons. The van der Waals surface area contributed by atoms with Crippen LogP contribution in [0.4, 0.5) is 0 Å². The van der Waals surface area contributed by atoms with Gasteiger partial charge in [-0.3, -0.25) is 0 Å². The Balaban J connectivity index is 1.91. The van der Waals surface area contributed by atoms with Crippen LogP contribution in [0.3, 0.4) is 0 Å². The molecule has 3 heteroatoms. The highest BCUT2D eigenvalue weighted by molar-refractivity contribution is 5.43. The Morgan fingerprint density at radius 2 is 2.06 bits per heavy atom. The van der Waals surface area contributed by atoms with Gasteiger partial charge in [-0.05, 0) is 44.7 Å². The molecule has 3 N–H and O–H groups in total. The Bertz CT molecular complexity index is 411. The standard InChI is InChI=1S/C15H24N2O/c1-10-4-11(2)15(18-3)13(5-10)9-17-8-12-6-14(16)7-12/h4-5,12,14,17H,6-9,16H2,1-3H3. The molecule has 1 aromatic rings. The van der Waals surface area contributed by atoms with E-state index in [2.05, 4.69) is 31.3 Å². The summed E-state index contributed by atoms with van der Waals surface area (Å²) in [5, 5.41) is 3.52. The van der Waals surface area contributed by atoms with E-state index in [9.17, 15) is 0 Å². The Hall–Kier alpha value is -1.06. The van der Waals surface area contributed by atoms with Gasteiger partial charge in [-0.2, -0.15) is 0 Å². The van der Waals surface area contributed by atoms with Crippen LogP contribution in [0.25, 0.3) is 0 Å². The van der Waals surface area contributed by atoms with E-state index in [1.54, 1.807) is 7.11 Å². The van der Waals surface area contributed by atoms with Crippen molar-refractivity contribution >= 4 is 0 Å². The quantitative estimate of drug-likeness (QED) is 0.839. The summed E-state index contributed by atoms with van der Waals surface area (Å²) in [6.45, 7) is 6.16. The van der Waals surface area contributed by atoms with Crippen molar-refractivity contribution < 1.29 is 4.74 Å². The molecule has 0 aliphatic heterocycles. The van der Waals surface area contributed by atoms with Crippen molar-refractivity contribution in [2.24, 2.45) is 11.7 Å². The molecule has 1 fully saturated rings. The highest BCUT2D eigenvalue weighted by Crippen LogP contribution is 2.26. The third-order valence-corrected chi connectivity index (χ3v) is 3.72. The van der Waals surface area contributed by atoms with Gasteiger partial charge >= 0.3 is 0 Å². The third-order valence-electron chi connectivity index (χ3n) is 3.72. The van der Waals surface area contributed by atoms with Crippen LogP contribution in [0, 0.1) is 19.8 Å². The molecule has 0 heterocycles. The molecule has 1 aromatic carbocycles. The molecule has 0 bridgehead atoms. The summed E-state index contributed by atoms with van der Waals surface area (Å²) in [7, 11) is 1.74. The van der Waals surface area contributed by atoms with Gasteiger partial charge in [0.1, 0.15) is 5.75 Å². The van der Waals surface area contributed by atoms with Gasteiger partial charge in [0.15, 0.2) is 0 Å². The van der Waals surface area contributed by atoms with Crippen molar-refractivity contribution in [3.8, 4) is 5.75 Å². The van der Waals surface area contributed by atoms with Crippen molar-refractivity contribution in [1.82, 2.24) is 5.32 Å². The second kappa shape index (κ2) is 5.72. The van der Waals surface area contributed by atoms with Crippen molar-refractivity contribution in [2.75, 3.05) is 13.7 Å². The zero-order valence-corrected chi connectivity index (χ0v) is 11.6. The maximum atomic E-state index is 5.79. The smallest absolute Gasteiger partial charge is 0.126 e. The molecule has 0 unspecified atom stereocenters. The number of benzene rings is 1. The van der Waals surface area contributed by atoms with Gasteiger partial charge in [0.25, 0.3) is 0 Å². The van der Waals surface area contributed by atoms with Crippen LogP contribution in [0.15, 0.2) is 12.1 Å². The highest BCUT2D eigenvalue weighted by Gasteiger charge is 2.25. The second-order valence-corrected chi connectivity index (χ2v) is 5.50. The lowest BCUT2D eigenvalue weighted by atomic mass is 9.81. The van der Waals surface area contributed by atoms with Gasteiger partial charge in [0.05, 0.1) is 7.11 Å². The van der Waals surface area contributed by atoms with Crippen LogP contribution in [0.1, 0.15) is 29.5 Å². The summed E-state index contributed by atoms with van der Waals surface area (Å²) in [5.74, 6) is 1.77. The maximum absolute atomic E-state index is 5.79. The van der Waals surface area contributed by atoms with Crippen molar-refractivity contribution in [3.05, 3.63) is 28.8 Å². The molecule has 0 atom stereocenters. The van der Waals surface area contributed by atoms with E-state index < -0.39 is 0 Å². The van der Waals surface area contributed by atoms with Crippen LogP contribution in [-0.2, 0) is 6.54 Å². The molecule has 2 rings (SSSR count). The zero-order chi connectivity index (χ0) is 13.1. The van der Waals surface area contributed by atoms with Crippen molar-refractivity contribution in [1.29, 1.82) is 0 Å². The first-order valence-electron chi connectivity index (χ1n) is 6.70. The molecule has 1 aliphatic carbocycles. The van der Waals surface area contributed by atoms with E-state index in [1.807, 2.05) is 0 Å². The summed E-state index contributed by atoms with van der Waals surface area (Å²) in [6, 6.07) is 4.80. The molecule has 0 amide bonds. The normalized spacial score (nSPS) is 22.7. The first kappa shape index (κ1) is 13.4. The lowest BCUT2D eigenvalue weighted by Gasteiger charge is -2.32. The monoisotopic (exact) mass is 248 g/mol. The second-order valence-electron chi connectivity index (χ2n) is 5.50. The zero-order valence-electron chi connectivity index (χ0n) is 11.6. The van der Waals surface area contributed by atoms with E-state index in [1.165, 1.54) is 16.7 Å². The minimum absolute atomic E-state index is 0.438. The van der Waals surface area contributed by atoms with Gasteiger partial charge in [-0.25, -0.2) is 0 Å². The van der Waals surface area contributed by atoms with Gasteiger partial charge < -0.3 is 15.8 Å². The molecule has 0 aromatic heterocycles. The summed E-state index contributed by atoms with van der Waals surface area (Å²) in [6.07, 6.45) is 2.33. The number of ether oxygens (including phenoxy) is 1. The predicted molar refractivity (Wildman–Crippen MR) is 74.9 cm³/mol. The number of rotatable bonds is 5. The first-order chi connectivity index (χ1) is 8.60. The first-order valence-corrected chi connectivity index (χ1v) is 6.70. The largest absolute Gasteiger partial charge is 0.496 e. The number of hydrogen-bond donors (Lipinski definition) is 2. The van der Waals surface area contributed by atoms with E-state index >= 15 is 0 Å². The number of methoxy groups -OCH3 is 1. The van der Waals surface area contributed by atoms with Crippen LogP contribution in [0.5, 0.6) is 5.75 Å². The summed E-state index contributed by atoms with van der Waals surface area (Å²) in [4.78, 5) is 0. The summed E-state index contributed by atoms with van der Waals surface area (Å²) in [5.41, 5.74) is 9.53. The Morgan fingerprint density at radius 3 is 2.67 bits per heavy atom. The van der Waals surface area contributed by atoms with Crippen LogP contribution in [-0.4, -0.2) is 19.7 Å². The van der Waals surface area contributed by atoms with Crippen molar-refractivity contribution in [2.45, 2.75) is 39.3 Å². The van der Waals surface area contributed by atoms with Crippen molar-refractivity contribution in [3.63, 3.8) is 0 Å². The average molecular weight is 248 g/mol. The molecule has 18 heavy (non-hydrogen) atoms. The fraction of sp³-hybridized carbons (Fsp3) is 0.600. The molecule has 100 valence electrons. The fourth-order valence-corrected chi connectivity index (χ4v) is 2.83. The topological polar surface area (TPSA) is 47.3 Å². The molecule has 3 nitrogen and oxygen atoms in total. The summed E-state index contributed by atoms with van der Waals surface area (Å²) < 4.78 is 5.49. The predicted octanol–water partition coefficient (Wildman–Crippen LogP) is 2.14. The minimum Gasteiger partial charge on any atom is -0.496 e. The van der Waals surface area contributed by atoms with Crippen LogP contribution in [0.2, 0.25) is 0 Å². The third kappa shape index (κ3) is 3.03. The molecule has 1 saturated carbocycles. The van der Waals surface area contributed by atoms with E-state index in [0.29, 0.717) is 6.04 Å². The molecular weight excluding hydrogens is 224 g/mol. The van der Waals surface area contributed by atoms with Gasteiger partial charge in [-0.1, -0.05) is 17.7 Å².